The quantitative estimate of drug-likeness (QED) is 0.251. The van der Waals surface area contributed by atoms with Gasteiger partial charge in [0.15, 0.2) is 0 Å². The summed E-state index contributed by atoms with van der Waals surface area (Å²) in [6.45, 7) is 0. The third kappa shape index (κ3) is 31.4. The van der Waals surface area contributed by atoms with Gasteiger partial charge in [0.25, 0.3) is 0 Å². The number of carboxylic acids is 2. The summed E-state index contributed by atoms with van der Waals surface area (Å²) >= 11 is 0. The van der Waals surface area contributed by atoms with Crippen molar-refractivity contribution < 1.29 is 96.3 Å². The second kappa shape index (κ2) is 16.8. The summed E-state index contributed by atoms with van der Waals surface area (Å²) in [5.41, 5.74) is 0. The van der Waals surface area contributed by atoms with E-state index in [4.69, 9.17) is 25.3 Å². The van der Waals surface area contributed by atoms with E-state index in [9.17, 15) is 14.4 Å². The molecule has 0 radical (unpaired) electrons. The molecule has 0 bridgehead atoms. The monoisotopic (exact) mass is 198 g/mol. The van der Waals surface area contributed by atoms with Crippen molar-refractivity contribution in [3.63, 3.8) is 0 Å². The van der Waals surface area contributed by atoms with Gasteiger partial charge in [-0.25, -0.2) is 9.59 Å². The van der Waals surface area contributed by atoms with Gasteiger partial charge >= 0.3 is 74.3 Å². The molecule has 0 fully saturated rings. The van der Waals surface area contributed by atoms with Crippen LogP contribution in [0, 0.1) is 0 Å². The van der Waals surface area contributed by atoms with Gasteiger partial charge in [-0.05, 0) is 0 Å². The summed E-state index contributed by atoms with van der Waals surface area (Å²) in [4.78, 5) is 28.5. The molecular weight excluding hydrogens is 196 g/mol. The van der Waals surface area contributed by atoms with Crippen molar-refractivity contribution in [2.24, 2.45) is 0 Å². The molecule has 0 saturated carbocycles. The predicted molar refractivity (Wildman–Crippen MR) is 26.0 cm³/mol. The zero-order valence-electron chi connectivity index (χ0n) is 8.42. The van der Waals surface area contributed by atoms with Gasteiger partial charge in [-0.3, -0.25) is 12.1 Å². The van der Waals surface area contributed by atoms with Crippen LogP contribution >= 0.6 is 0 Å². The largest absolute Gasteiger partial charge is 1.00 e. The molecule has 0 aromatic carbocycles. The maximum absolute atomic E-state index is 9.64. The number of hydrogen-bond donors (Lipinski definition) is 2. The van der Waals surface area contributed by atoms with E-state index in [0.717, 1.165) is 0 Å². The van der Waals surface area contributed by atoms with Gasteiger partial charge in [0, 0.05) is 0 Å². The fourth-order valence-corrected chi connectivity index (χ4v) is 0.0915. The van der Waals surface area contributed by atoms with E-state index in [2.05, 4.69) is 0 Å². The molecule has 0 saturated heterocycles. The smallest absolute Gasteiger partial charge is 0.907 e. The fraction of sp³-hybridized carbons (Fsp3) is 0. The first-order valence-corrected chi connectivity index (χ1v) is 2.27. The summed E-state index contributed by atoms with van der Waals surface area (Å²) < 4.78 is 0. The van der Waals surface area contributed by atoms with Crippen molar-refractivity contribution in [2.45, 2.75) is 0 Å². The average molecular weight is 198 g/mol. The summed E-state index contributed by atoms with van der Waals surface area (Å²) in [7, 11) is -2.92. The number of carboxylic acid groups (broad SMARTS) is 2. The van der Waals surface area contributed by atoms with Gasteiger partial charge < -0.3 is 25.3 Å². The molecule has 0 aromatic heterocycles. The van der Waals surface area contributed by atoms with Crippen LogP contribution < -0.4 is 71.7 Å². The van der Waals surface area contributed by atoms with E-state index in [1.807, 2.05) is 0 Å². The van der Waals surface area contributed by atoms with Crippen LogP contribution in [0.2, 0.25) is 0 Å². The fourth-order valence-electron chi connectivity index (χ4n) is 0.0915. The van der Waals surface area contributed by atoms with E-state index in [-0.39, 0.29) is 56.6 Å². The Morgan fingerprint density at radius 3 is 0.933 bits per heavy atom. The first-order chi connectivity index (χ1) is 5.29. The Hall–Kier alpha value is 0.347. The molecular formula is C3H2BLi3O8. The zero-order valence-corrected chi connectivity index (χ0v) is 8.42. The molecule has 0 unspecified atom stereocenters. The molecule has 0 rings (SSSR count). The third-order valence-electron chi connectivity index (χ3n) is 0.388. The number of rotatable bonds is 2. The number of Topliss-reactive ketones (excluding diaryl/α,β-unsaturated/α-hetero) is 1. The molecule has 68 valence electrons. The number of aliphatic carboxylic acids is 2. The van der Waals surface area contributed by atoms with Gasteiger partial charge in [-0.15, -0.1) is 0 Å². The summed E-state index contributed by atoms with van der Waals surface area (Å²) in [5, 5.41) is 40.5. The molecule has 0 aromatic rings. The minimum absolute atomic E-state index is 0. The molecule has 12 heteroatoms. The van der Waals surface area contributed by atoms with Crippen LogP contribution in [0.4, 0.5) is 0 Å². The van der Waals surface area contributed by atoms with E-state index in [1.54, 1.807) is 0 Å². The Labute approximate surface area is 121 Å². The van der Waals surface area contributed by atoms with Crippen molar-refractivity contribution in [3.05, 3.63) is 0 Å². The topological polar surface area (TPSA) is 161 Å². The van der Waals surface area contributed by atoms with Crippen molar-refractivity contribution in [1.29, 1.82) is 0 Å². The Bertz CT molecular complexity index is 177. The van der Waals surface area contributed by atoms with Crippen LogP contribution in [-0.2, 0) is 14.4 Å². The van der Waals surface area contributed by atoms with Crippen molar-refractivity contribution in [3.8, 4) is 0 Å². The molecule has 0 spiro atoms. The minimum Gasteiger partial charge on any atom is -0.907 e. The standard InChI is InChI=1S/C3H2O5.BO3.3Li/c4-1(2(5)6)3(7)8;2-1(3)4;;;/h(H,5,6)(H,7,8);;;;/q;-3;3*+1. The van der Waals surface area contributed by atoms with Gasteiger partial charge in [-0.2, -0.15) is 0 Å². The van der Waals surface area contributed by atoms with Crippen molar-refractivity contribution >= 4 is 25.0 Å². The van der Waals surface area contributed by atoms with Crippen LogP contribution in [0.5, 0.6) is 0 Å². The second-order valence-corrected chi connectivity index (χ2v) is 1.23. The maximum Gasteiger partial charge on any atom is 1.00 e. The average Bonchev–Trinajstić information content (AvgIpc) is 1.84. The second-order valence-electron chi connectivity index (χ2n) is 1.23. The Balaban J connectivity index is -0.0000000424. The minimum atomic E-state index is -2.92. The molecule has 0 aliphatic rings. The summed E-state index contributed by atoms with van der Waals surface area (Å²) in [6.07, 6.45) is 0. The van der Waals surface area contributed by atoms with Crippen molar-refractivity contribution in [2.75, 3.05) is 0 Å². The predicted octanol–water partition coefficient (Wildman–Crippen LogP) is -14.2. The van der Waals surface area contributed by atoms with Gasteiger partial charge in [0.2, 0.25) is 0 Å². The summed E-state index contributed by atoms with van der Waals surface area (Å²) in [5.74, 6) is -5.71. The van der Waals surface area contributed by atoms with Crippen LogP contribution in [-0.4, -0.2) is 35.3 Å². The molecule has 0 aliphatic heterocycles. The number of carbonyl (C=O) groups excluding carboxylic acids is 1. The molecule has 0 heterocycles. The molecule has 0 amide bonds. The number of carbonyl (C=O) groups is 3. The maximum atomic E-state index is 9.64. The molecule has 0 aliphatic carbocycles. The Morgan fingerprint density at radius 2 is 0.933 bits per heavy atom. The van der Waals surface area contributed by atoms with Crippen LogP contribution in [0.1, 0.15) is 0 Å². The van der Waals surface area contributed by atoms with Crippen molar-refractivity contribution in [1.82, 2.24) is 0 Å². The number of hydrogen-bond acceptors (Lipinski definition) is 6. The van der Waals surface area contributed by atoms with Crippen LogP contribution in [0.15, 0.2) is 0 Å². The molecule has 15 heavy (non-hydrogen) atoms. The van der Waals surface area contributed by atoms with E-state index in [1.165, 1.54) is 0 Å². The van der Waals surface area contributed by atoms with E-state index in [0.29, 0.717) is 0 Å². The van der Waals surface area contributed by atoms with E-state index >= 15 is 0 Å². The first-order valence-electron chi connectivity index (χ1n) is 2.27. The van der Waals surface area contributed by atoms with E-state index < -0.39 is 25.0 Å². The molecule has 2 N–H and O–H groups in total. The SMILES string of the molecule is O=C(O)C(=O)C(=O)O.[Li+].[Li+].[Li+].[O-]B([O-])[O-]. The van der Waals surface area contributed by atoms with Gasteiger partial charge in [0.05, 0.1) is 0 Å². The zero-order chi connectivity index (χ0) is 10.3. The van der Waals surface area contributed by atoms with Gasteiger partial charge in [0.1, 0.15) is 0 Å². The molecule has 8 nitrogen and oxygen atoms in total. The third-order valence-corrected chi connectivity index (χ3v) is 0.388. The normalized spacial score (nSPS) is 6.07. The summed E-state index contributed by atoms with van der Waals surface area (Å²) in [6, 6.07) is 0. The first kappa shape index (κ1) is 29.5. The Morgan fingerprint density at radius 1 is 0.800 bits per heavy atom. The van der Waals surface area contributed by atoms with Gasteiger partial charge in [-0.1, -0.05) is 0 Å². The van der Waals surface area contributed by atoms with Crippen LogP contribution in [0.25, 0.3) is 0 Å². The number of ketones is 1. The Kier molecular flexibility index (Phi) is 33.0. The van der Waals surface area contributed by atoms with Crippen LogP contribution in [0.3, 0.4) is 0 Å². The molecule has 0 atom stereocenters.